The molecule has 1 unspecified atom stereocenters. The summed E-state index contributed by atoms with van der Waals surface area (Å²) in [4.78, 5) is 23.3. The Bertz CT molecular complexity index is 915. The molecule has 0 fully saturated rings. The fourth-order valence-corrected chi connectivity index (χ4v) is 2.65. The number of ether oxygens (including phenoxy) is 2. The third-order valence-electron chi connectivity index (χ3n) is 4.08. The highest BCUT2D eigenvalue weighted by atomic mass is 19.4. The van der Waals surface area contributed by atoms with Crippen LogP contribution in [0.25, 0.3) is 0 Å². The predicted molar refractivity (Wildman–Crippen MR) is 98.1 cm³/mol. The Morgan fingerprint density at radius 2 is 1.93 bits per heavy atom. The Morgan fingerprint density at radius 1 is 1.24 bits per heavy atom. The van der Waals surface area contributed by atoms with E-state index < -0.39 is 34.3 Å². The molecule has 0 radical (unpaired) electrons. The Balaban J connectivity index is 2.36. The zero-order valence-corrected chi connectivity index (χ0v) is 15.9. The van der Waals surface area contributed by atoms with Crippen LogP contribution in [0.3, 0.4) is 0 Å². The second-order valence-electron chi connectivity index (χ2n) is 6.03. The first-order chi connectivity index (χ1) is 13.6. The minimum atomic E-state index is -4.53. The van der Waals surface area contributed by atoms with E-state index in [1.54, 1.807) is 6.92 Å². The van der Waals surface area contributed by atoms with Crippen LogP contribution in [0.5, 0.6) is 11.5 Å². The molecule has 0 saturated heterocycles. The number of nitrogens with one attached hydrogen (secondary N) is 1. The summed E-state index contributed by atoms with van der Waals surface area (Å²) >= 11 is 0. The molecule has 2 rings (SSSR count). The summed E-state index contributed by atoms with van der Waals surface area (Å²) in [5.74, 6) is -0.608. The molecule has 1 N–H and O–H groups in total. The maximum absolute atomic E-state index is 12.9. The highest BCUT2D eigenvalue weighted by Gasteiger charge is 2.31. The van der Waals surface area contributed by atoms with Gasteiger partial charge in [-0.2, -0.15) is 13.2 Å². The lowest BCUT2D eigenvalue weighted by Crippen LogP contribution is -2.27. The molecule has 2 aromatic rings. The van der Waals surface area contributed by atoms with Crippen LogP contribution < -0.4 is 14.8 Å². The molecule has 0 heterocycles. The van der Waals surface area contributed by atoms with E-state index in [-0.39, 0.29) is 29.2 Å². The van der Waals surface area contributed by atoms with E-state index in [0.717, 1.165) is 18.2 Å². The molecule has 29 heavy (non-hydrogen) atoms. The van der Waals surface area contributed by atoms with E-state index in [9.17, 15) is 28.1 Å². The summed E-state index contributed by atoms with van der Waals surface area (Å²) in [6.45, 7) is 3.40. The Labute approximate surface area is 164 Å². The van der Waals surface area contributed by atoms with Crippen molar-refractivity contribution in [3.8, 4) is 11.5 Å². The van der Waals surface area contributed by atoms with Crippen LogP contribution in [0.15, 0.2) is 36.4 Å². The average Bonchev–Trinajstić information content (AvgIpc) is 2.67. The lowest BCUT2D eigenvalue weighted by molar-refractivity contribution is -0.385. The van der Waals surface area contributed by atoms with Gasteiger partial charge in [-0.15, -0.1) is 0 Å². The number of nitrogens with zero attached hydrogens (tertiary/aromatic N) is 1. The summed E-state index contributed by atoms with van der Waals surface area (Å²) in [5, 5.41) is 13.9. The fraction of sp³-hybridized carbons (Fsp3) is 0.316. The number of hydrogen-bond donors (Lipinski definition) is 1. The third kappa shape index (κ3) is 5.15. The summed E-state index contributed by atoms with van der Waals surface area (Å²) in [6.07, 6.45) is -4.53. The van der Waals surface area contributed by atoms with E-state index >= 15 is 0 Å². The predicted octanol–water partition coefficient (Wildman–Crippen LogP) is 4.51. The van der Waals surface area contributed by atoms with Gasteiger partial charge in [-0.05, 0) is 31.5 Å². The highest BCUT2D eigenvalue weighted by molar-refractivity contribution is 5.99. The first kappa shape index (κ1) is 22.0. The number of hydrogen-bond acceptors (Lipinski definition) is 5. The van der Waals surface area contributed by atoms with Crippen molar-refractivity contribution in [2.75, 3.05) is 13.7 Å². The van der Waals surface area contributed by atoms with Gasteiger partial charge in [0, 0.05) is 6.07 Å². The van der Waals surface area contributed by atoms with Crippen molar-refractivity contribution in [1.29, 1.82) is 0 Å². The molecular weight excluding hydrogens is 393 g/mol. The van der Waals surface area contributed by atoms with E-state index in [1.807, 2.05) is 0 Å². The van der Waals surface area contributed by atoms with Gasteiger partial charge in [0.1, 0.15) is 5.56 Å². The number of alkyl halides is 3. The first-order valence-electron chi connectivity index (χ1n) is 8.55. The number of nitro benzene ring substituents is 1. The Morgan fingerprint density at radius 3 is 2.48 bits per heavy atom. The highest BCUT2D eigenvalue weighted by Crippen LogP contribution is 2.35. The van der Waals surface area contributed by atoms with Gasteiger partial charge in [0.15, 0.2) is 11.5 Å². The summed E-state index contributed by atoms with van der Waals surface area (Å²) < 4.78 is 49.1. The number of carbonyl (C=O) groups is 1. The normalized spacial score (nSPS) is 12.2. The third-order valence-corrected chi connectivity index (χ3v) is 4.08. The zero-order valence-electron chi connectivity index (χ0n) is 15.9. The molecule has 0 aliphatic heterocycles. The molecule has 0 aromatic heterocycles. The number of rotatable bonds is 7. The van der Waals surface area contributed by atoms with Crippen LogP contribution in [0.4, 0.5) is 18.9 Å². The second-order valence-corrected chi connectivity index (χ2v) is 6.03. The van der Waals surface area contributed by atoms with Crippen LogP contribution in [0, 0.1) is 10.1 Å². The molecule has 1 amide bonds. The number of carbonyl (C=O) groups excluding carboxylic acids is 1. The molecule has 0 bridgehead atoms. The topological polar surface area (TPSA) is 90.7 Å². The van der Waals surface area contributed by atoms with Crippen LogP contribution in [-0.2, 0) is 6.18 Å². The second kappa shape index (κ2) is 8.80. The lowest BCUT2D eigenvalue weighted by Gasteiger charge is -2.17. The summed E-state index contributed by atoms with van der Waals surface area (Å²) in [5.41, 5.74) is -1.46. The van der Waals surface area contributed by atoms with Crippen LogP contribution >= 0.6 is 0 Å². The van der Waals surface area contributed by atoms with E-state index in [0.29, 0.717) is 0 Å². The van der Waals surface area contributed by atoms with Gasteiger partial charge < -0.3 is 14.8 Å². The lowest BCUT2D eigenvalue weighted by atomic mass is 10.0. The maximum atomic E-state index is 12.9. The molecule has 10 heteroatoms. The van der Waals surface area contributed by atoms with Gasteiger partial charge in [-0.25, -0.2) is 0 Å². The number of benzene rings is 2. The van der Waals surface area contributed by atoms with E-state index in [1.165, 1.54) is 32.2 Å². The quantitative estimate of drug-likeness (QED) is 0.534. The average molecular weight is 412 g/mol. The maximum Gasteiger partial charge on any atom is 0.416 e. The standard InChI is InChI=1S/C19H19F3N2O5/c1-4-29-17-9-14(15(24(26)27)10-16(17)28-3)18(25)23-11(2)12-6-5-7-13(8-12)19(20,21)22/h5-11H,4H2,1-3H3,(H,23,25). The van der Waals surface area contributed by atoms with Gasteiger partial charge in [-0.1, -0.05) is 12.1 Å². The van der Waals surface area contributed by atoms with Crippen LogP contribution in [-0.4, -0.2) is 24.5 Å². The molecule has 7 nitrogen and oxygen atoms in total. The van der Waals surface area contributed by atoms with Crippen molar-refractivity contribution in [2.45, 2.75) is 26.1 Å². The molecule has 156 valence electrons. The van der Waals surface area contributed by atoms with Gasteiger partial charge in [0.05, 0.1) is 36.3 Å². The van der Waals surface area contributed by atoms with Gasteiger partial charge in [-0.3, -0.25) is 14.9 Å². The van der Waals surface area contributed by atoms with Crippen molar-refractivity contribution in [2.24, 2.45) is 0 Å². The fourth-order valence-electron chi connectivity index (χ4n) is 2.65. The molecule has 1 atom stereocenters. The SMILES string of the molecule is CCOc1cc(C(=O)NC(C)c2cccc(C(F)(F)F)c2)c([N+](=O)[O-])cc1OC. The van der Waals surface area contributed by atoms with Gasteiger partial charge in [0.25, 0.3) is 11.6 Å². The molecule has 0 spiro atoms. The Hall–Kier alpha value is -3.30. The minimum Gasteiger partial charge on any atom is -0.493 e. The summed E-state index contributed by atoms with van der Waals surface area (Å²) in [7, 11) is 1.30. The number of methoxy groups -OCH3 is 1. The van der Waals surface area contributed by atoms with Crippen molar-refractivity contribution in [3.63, 3.8) is 0 Å². The van der Waals surface area contributed by atoms with Crippen molar-refractivity contribution in [1.82, 2.24) is 5.32 Å². The first-order valence-corrected chi connectivity index (χ1v) is 8.55. The summed E-state index contributed by atoms with van der Waals surface area (Å²) in [6, 6.07) is 5.89. The molecule has 0 aliphatic carbocycles. The van der Waals surface area contributed by atoms with Crippen LogP contribution in [0.2, 0.25) is 0 Å². The van der Waals surface area contributed by atoms with Crippen LogP contribution in [0.1, 0.15) is 41.4 Å². The molecule has 0 saturated carbocycles. The zero-order chi connectivity index (χ0) is 21.8. The number of amides is 1. The molecule has 2 aromatic carbocycles. The van der Waals surface area contributed by atoms with E-state index in [4.69, 9.17) is 9.47 Å². The minimum absolute atomic E-state index is 0.0843. The monoisotopic (exact) mass is 412 g/mol. The van der Waals surface area contributed by atoms with Crippen molar-refractivity contribution >= 4 is 11.6 Å². The van der Waals surface area contributed by atoms with Crippen molar-refractivity contribution < 1.29 is 32.4 Å². The smallest absolute Gasteiger partial charge is 0.416 e. The number of nitro groups is 1. The van der Waals surface area contributed by atoms with Gasteiger partial charge in [0.2, 0.25) is 0 Å². The molecular formula is C19H19F3N2O5. The van der Waals surface area contributed by atoms with Gasteiger partial charge >= 0.3 is 6.18 Å². The largest absolute Gasteiger partial charge is 0.493 e. The molecule has 0 aliphatic rings. The Kier molecular flexibility index (Phi) is 6.68. The van der Waals surface area contributed by atoms with Crippen molar-refractivity contribution in [3.05, 3.63) is 63.2 Å². The van der Waals surface area contributed by atoms with E-state index in [2.05, 4.69) is 5.32 Å². The number of halogens is 3.